The third-order valence-corrected chi connectivity index (χ3v) is 3.29. The fourth-order valence-electron chi connectivity index (χ4n) is 2.16. The highest BCUT2D eigenvalue weighted by Gasteiger charge is 2.13. The molecule has 3 nitrogen and oxygen atoms in total. The van der Waals surface area contributed by atoms with Crippen molar-refractivity contribution in [1.82, 2.24) is 4.57 Å². The lowest BCUT2D eigenvalue weighted by Gasteiger charge is -2.14. The molecule has 0 spiro atoms. The van der Waals surface area contributed by atoms with Gasteiger partial charge in [-0.1, -0.05) is 42.8 Å². The van der Waals surface area contributed by atoms with Gasteiger partial charge in [0, 0.05) is 18.3 Å². The minimum atomic E-state index is -0.364. The van der Waals surface area contributed by atoms with Gasteiger partial charge in [0.25, 0.3) is 5.56 Å². The Morgan fingerprint density at radius 2 is 1.89 bits per heavy atom. The summed E-state index contributed by atoms with van der Waals surface area (Å²) in [5.74, 6) is 0. The molecule has 1 heterocycles. The predicted molar refractivity (Wildman–Crippen MR) is 78.2 cm³/mol. The zero-order valence-electron chi connectivity index (χ0n) is 11.5. The van der Waals surface area contributed by atoms with Gasteiger partial charge in [0.2, 0.25) is 0 Å². The molecular weight excluding hydrogens is 236 g/mol. The van der Waals surface area contributed by atoms with Crippen LogP contribution in [0.3, 0.4) is 0 Å². The van der Waals surface area contributed by atoms with Crippen molar-refractivity contribution in [3.05, 3.63) is 69.6 Å². The molecule has 2 N–H and O–H groups in total. The molecule has 0 bridgehead atoms. The van der Waals surface area contributed by atoms with Crippen LogP contribution in [0.15, 0.2) is 47.4 Å². The zero-order valence-corrected chi connectivity index (χ0v) is 11.5. The van der Waals surface area contributed by atoms with Crippen molar-refractivity contribution >= 4 is 0 Å². The van der Waals surface area contributed by atoms with Crippen LogP contribution in [0, 0.1) is 6.92 Å². The number of hydrogen-bond donors (Lipinski definition) is 1. The maximum absolute atomic E-state index is 12.3. The molecule has 0 saturated carbocycles. The van der Waals surface area contributed by atoms with E-state index < -0.39 is 0 Å². The van der Waals surface area contributed by atoms with Gasteiger partial charge in [0.15, 0.2) is 0 Å². The number of nitrogens with zero attached hydrogens (tertiary/aromatic N) is 1. The van der Waals surface area contributed by atoms with E-state index in [1.54, 1.807) is 4.57 Å². The van der Waals surface area contributed by atoms with Crippen LogP contribution in [0.4, 0.5) is 0 Å². The summed E-state index contributed by atoms with van der Waals surface area (Å²) >= 11 is 0. The molecule has 1 unspecified atom stereocenters. The number of aryl methyl sites for hydroxylation is 2. The number of hydrogen-bond acceptors (Lipinski definition) is 2. The molecule has 2 aromatic rings. The summed E-state index contributed by atoms with van der Waals surface area (Å²) in [7, 11) is 0. The Labute approximate surface area is 113 Å². The molecule has 0 aliphatic rings. The number of aromatic nitrogens is 1. The molecule has 3 heteroatoms. The SMILES string of the molecule is CCCn1cccc(C(N)c2ccc(C)cc2)c1=O. The van der Waals surface area contributed by atoms with Gasteiger partial charge < -0.3 is 10.3 Å². The summed E-state index contributed by atoms with van der Waals surface area (Å²) < 4.78 is 1.73. The Morgan fingerprint density at radius 1 is 1.21 bits per heavy atom. The molecule has 0 aliphatic carbocycles. The van der Waals surface area contributed by atoms with Gasteiger partial charge in [-0.2, -0.15) is 0 Å². The van der Waals surface area contributed by atoms with Crippen molar-refractivity contribution in [2.24, 2.45) is 5.73 Å². The highest BCUT2D eigenvalue weighted by molar-refractivity contribution is 5.31. The Balaban J connectivity index is 2.38. The topological polar surface area (TPSA) is 48.0 Å². The molecule has 1 aromatic carbocycles. The maximum Gasteiger partial charge on any atom is 0.255 e. The van der Waals surface area contributed by atoms with Crippen molar-refractivity contribution in [3.63, 3.8) is 0 Å². The molecule has 0 radical (unpaired) electrons. The van der Waals surface area contributed by atoms with Crippen LogP contribution in [0.1, 0.15) is 36.1 Å². The summed E-state index contributed by atoms with van der Waals surface area (Å²) in [6, 6.07) is 11.3. The Bertz CT molecular complexity index is 599. The molecule has 19 heavy (non-hydrogen) atoms. The normalized spacial score (nSPS) is 12.4. The van der Waals surface area contributed by atoms with Gasteiger partial charge in [-0.05, 0) is 25.0 Å². The minimum Gasteiger partial charge on any atom is -0.320 e. The first-order valence-corrected chi connectivity index (χ1v) is 6.65. The maximum atomic E-state index is 12.3. The summed E-state index contributed by atoms with van der Waals surface area (Å²) in [6.45, 7) is 4.82. The molecule has 0 fully saturated rings. The number of pyridine rings is 1. The van der Waals surface area contributed by atoms with Crippen molar-refractivity contribution < 1.29 is 0 Å². The van der Waals surface area contributed by atoms with E-state index in [0.29, 0.717) is 5.56 Å². The van der Waals surface area contributed by atoms with Gasteiger partial charge in [-0.25, -0.2) is 0 Å². The van der Waals surface area contributed by atoms with E-state index in [-0.39, 0.29) is 11.6 Å². The first-order valence-electron chi connectivity index (χ1n) is 6.65. The Hall–Kier alpha value is -1.87. The van der Waals surface area contributed by atoms with Gasteiger partial charge in [-0.15, -0.1) is 0 Å². The lowest BCUT2D eigenvalue weighted by Crippen LogP contribution is -2.28. The van der Waals surface area contributed by atoms with E-state index in [1.165, 1.54) is 5.56 Å². The van der Waals surface area contributed by atoms with Crippen LogP contribution in [0.25, 0.3) is 0 Å². The monoisotopic (exact) mass is 256 g/mol. The van der Waals surface area contributed by atoms with Crippen molar-refractivity contribution in [2.75, 3.05) is 0 Å². The summed E-state index contributed by atoms with van der Waals surface area (Å²) in [6.07, 6.45) is 2.75. The van der Waals surface area contributed by atoms with Crippen molar-refractivity contribution in [1.29, 1.82) is 0 Å². The summed E-state index contributed by atoms with van der Waals surface area (Å²) in [5.41, 5.74) is 9.04. The van der Waals surface area contributed by atoms with Crippen LogP contribution in [0.5, 0.6) is 0 Å². The third kappa shape index (κ3) is 2.93. The average Bonchev–Trinajstić information content (AvgIpc) is 2.41. The van der Waals surface area contributed by atoms with Gasteiger partial charge in [0.05, 0.1) is 6.04 Å². The van der Waals surface area contributed by atoms with Gasteiger partial charge >= 0.3 is 0 Å². The van der Waals surface area contributed by atoms with Gasteiger partial charge in [0.1, 0.15) is 0 Å². The average molecular weight is 256 g/mol. The largest absolute Gasteiger partial charge is 0.320 e. The number of nitrogens with two attached hydrogens (primary N) is 1. The summed E-state index contributed by atoms with van der Waals surface area (Å²) in [5, 5.41) is 0. The van der Waals surface area contributed by atoms with Crippen LogP contribution in [-0.4, -0.2) is 4.57 Å². The van der Waals surface area contributed by atoms with Crippen LogP contribution >= 0.6 is 0 Å². The van der Waals surface area contributed by atoms with Gasteiger partial charge in [-0.3, -0.25) is 4.79 Å². The van der Waals surface area contributed by atoms with Crippen molar-refractivity contribution in [2.45, 2.75) is 32.9 Å². The van der Waals surface area contributed by atoms with Crippen LogP contribution < -0.4 is 11.3 Å². The molecule has 0 saturated heterocycles. The standard InChI is InChI=1S/C16H20N2O/c1-3-10-18-11-4-5-14(16(18)19)15(17)13-8-6-12(2)7-9-13/h4-9,11,15H,3,10,17H2,1-2H3. The van der Waals surface area contributed by atoms with Crippen LogP contribution in [0.2, 0.25) is 0 Å². The highest BCUT2D eigenvalue weighted by Crippen LogP contribution is 2.17. The summed E-state index contributed by atoms with van der Waals surface area (Å²) in [4.78, 5) is 12.3. The molecule has 2 rings (SSSR count). The molecule has 0 amide bonds. The number of benzene rings is 1. The third-order valence-electron chi connectivity index (χ3n) is 3.29. The van der Waals surface area contributed by atoms with E-state index in [1.807, 2.05) is 49.5 Å². The second kappa shape index (κ2) is 5.85. The molecule has 1 atom stereocenters. The van der Waals surface area contributed by atoms with E-state index in [0.717, 1.165) is 18.5 Å². The van der Waals surface area contributed by atoms with Crippen molar-refractivity contribution in [3.8, 4) is 0 Å². The lowest BCUT2D eigenvalue weighted by atomic mass is 10.00. The molecular formula is C16H20N2O. The van der Waals surface area contributed by atoms with E-state index in [4.69, 9.17) is 5.73 Å². The fourth-order valence-corrected chi connectivity index (χ4v) is 2.16. The first kappa shape index (κ1) is 13.6. The molecule has 0 aliphatic heterocycles. The first-order chi connectivity index (χ1) is 9.13. The van der Waals surface area contributed by atoms with E-state index in [9.17, 15) is 4.79 Å². The zero-order chi connectivity index (χ0) is 13.8. The highest BCUT2D eigenvalue weighted by atomic mass is 16.1. The fraction of sp³-hybridized carbons (Fsp3) is 0.312. The predicted octanol–water partition coefficient (Wildman–Crippen LogP) is 2.61. The second-order valence-corrected chi connectivity index (χ2v) is 4.85. The minimum absolute atomic E-state index is 0.0115. The lowest BCUT2D eigenvalue weighted by molar-refractivity contribution is 0.641. The quantitative estimate of drug-likeness (QED) is 0.914. The Morgan fingerprint density at radius 3 is 2.53 bits per heavy atom. The second-order valence-electron chi connectivity index (χ2n) is 4.85. The smallest absolute Gasteiger partial charge is 0.255 e. The Kier molecular flexibility index (Phi) is 4.17. The number of rotatable bonds is 4. The van der Waals surface area contributed by atoms with E-state index in [2.05, 4.69) is 6.92 Å². The molecule has 100 valence electrons. The van der Waals surface area contributed by atoms with Crippen LogP contribution in [-0.2, 0) is 6.54 Å². The molecule has 1 aromatic heterocycles. The van der Waals surface area contributed by atoms with E-state index >= 15 is 0 Å².